The molecule has 0 amide bonds. The van der Waals surface area contributed by atoms with Gasteiger partial charge in [-0.05, 0) is 57.9 Å². The van der Waals surface area contributed by atoms with Crippen molar-refractivity contribution in [1.82, 2.24) is 0 Å². The van der Waals surface area contributed by atoms with Crippen LogP contribution in [0.25, 0.3) is 0 Å². The molecule has 0 radical (unpaired) electrons. The molecule has 1 aliphatic heterocycles. The van der Waals surface area contributed by atoms with E-state index in [1.54, 1.807) is 0 Å². The van der Waals surface area contributed by atoms with Gasteiger partial charge < -0.3 is 23.4 Å². The highest BCUT2D eigenvalue weighted by molar-refractivity contribution is 6.99. The minimum absolute atomic E-state index is 0.210. The first-order chi connectivity index (χ1) is 23.0. The van der Waals surface area contributed by atoms with Crippen LogP contribution in [-0.4, -0.2) is 58.2 Å². The Hall–Kier alpha value is -2.44. The van der Waals surface area contributed by atoms with E-state index in [0.29, 0.717) is 16.6 Å². The van der Waals surface area contributed by atoms with E-state index in [1.165, 1.54) is 10.4 Å². The zero-order valence-electron chi connectivity index (χ0n) is 31.6. The third-order valence-corrected chi connectivity index (χ3v) is 21.4. The molecule has 4 rings (SSSR count). The molecule has 8 heteroatoms. The normalized spacial score (nSPS) is 20.2. The first-order valence-electron chi connectivity index (χ1n) is 18.0. The average Bonchev–Trinajstić information content (AvgIpc) is 3.04. The Labute approximate surface area is 297 Å². The molecule has 1 fully saturated rings. The molecule has 0 bridgehead atoms. The molecule has 1 N–H and O–H groups in total. The van der Waals surface area contributed by atoms with Gasteiger partial charge in [0.2, 0.25) is 8.32 Å². The number of rotatable bonds is 14. The molecule has 0 aromatic heterocycles. The summed E-state index contributed by atoms with van der Waals surface area (Å²) in [4.78, 5) is 14.5. The molecule has 1 aliphatic rings. The summed E-state index contributed by atoms with van der Waals surface area (Å²) in [6.07, 6.45) is -3.57. The highest BCUT2D eigenvalue weighted by Crippen LogP contribution is 2.47. The summed E-state index contributed by atoms with van der Waals surface area (Å²) < 4.78 is 27.1. The van der Waals surface area contributed by atoms with Crippen molar-refractivity contribution in [1.29, 1.82) is 0 Å². The summed E-state index contributed by atoms with van der Waals surface area (Å²) in [5, 5.41) is 13.9. The molecular weight excluding hydrogens is 645 g/mol. The van der Waals surface area contributed by atoms with Crippen LogP contribution in [0.3, 0.4) is 0 Å². The molecule has 3 aromatic carbocycles. The van der Waals surface area contributed by atoms with Crippen molar-refractivity contribution in [3.63, 3.8) is 0 Å². The molecule has 1 heterocycles. The van der Waals surface area contributed by atoms with E-state index in [4.69, 9.17) is 18.3 Å². The SMILES string of the molecule is CC(C)[Si](O[C@@H](c1ccccc1)[C@@H]1OC(C)(C)O[C@@H]([C@@H](O)CCO[Si](c2ccccc2)(c2ccccc2)C(C)(C)C)C1=O)(C(C)C)C(C)C. The second kappa shape index (κ2) is 15.8. The summed E-state index contributed by atoms with van der Waals surface area (Å²) >= 11 is 0. The molecular formula is C41H60O6Si2. The van der Waals surface area contributed by atoms with Crippen LogP contribution in [0.4, 0.5) is 0 Å². The molecule has 0 aliphatic carbocycles. The van der Waals surface area contributed by atoms with Gasteiger partial charge in [-0.2, -0.15) is 0 Å². The Morgan fingerprint density at radius 1 is 0.735 bits per heavy atom. The monoisotopic (exact) mass is 704 g/mol. The predicted molar refractivity (Wildman–Crippen MR) is 204 cm³/mol. The third kappa shape index (κ3) is 8.22. The van der Waals surface area contributed by atoms with Gasteiger partial charge in [-0.15, -0.1) is 0 Å². The van der Waals surface area contributed by atoms with Crippen molar-refractivity contribution < 1.29 is 28.2 Å². The van der Waals surface area contributed by atoms with Crippen LogP contribution in [0, 0.1) is 0 Å². The molecule has 3 aromatic rings. The third-order valence-electron chi connectivity index (χ3n) is 10.3. The quantitative estimate of drug-likeness (QED) is 0.170. The van der Waals surface area contributed by atoms with Crippen LogP contribution in [0.1, 0.15) is 94.2 Å². The highest BCUT2D eigenvalue weighted by atomic mass is 28.4. The predicted octanol–water partition coefficient (Wildman–Crippen LogP) is 8.34. The van der Waals surface area contributed by atoms with E-state index in [2.05, 4.69) is 111 Å². The number of ketones is 1. The van der Waals surface area contributed by atoms with Gasteiger partial charge >= 0.3 is 0 Å². The van der Waals surface area contributed by atoms with Crippen molar-refractivity contribution >= 4 is 32.8 Å². The van der Waals surface area contributed by atoms with Crippen LogP contribution in [0.2, 0.25) is 21.7 Å². The number of carbonyl (C=O) groups excluding carboxylic acids is 1. The van der Waals surface area contributed by atoms with Crippen molar-refractivity contribution in [2.75, 3.05) is 6.61 Å². The lowest BCUT2D eigenvalue weighted by Crippen LogP contribution is -2.66. The van der Waals surface area contributed by atoms with Gasteiger partial charge in [-0.1, -0.05) is 153 Å². The first-order valence-corrected chi connectivity index (χ1v) is 22.1. The fraction of sp³-hybridized carbons (Fsp3) is 0.537. The number of aliphatic hydroxyl groups is 1. The van der Waals surface area contributed by atoms with Gasteiger partial charge in [0.25, 0.3) is 8.32 Å². The lowest BCUT2D eigenvalue weighted by atomic mass is 9.93. The fourth-order valence-electron chi connectivity index (χ4n) is 8.22. The summed E-state index contributed by atoms with van der Waals surface area (Å²) in [6.45, 7) is 24.0. The van der Waals surface area contributed by atoms with Gasteiger partial charge in [-0.25, -0.2) is 0 Å². The lowest BCUT2D eigenvalue weighted by molar-refractivity contribution is -0.301. The van der Waals surface area contributed by atoms with E-state index in [0.717, 1.165) is 5.56 Å². The molecule has 4 atom stereocenters. The van der Waals surface area contributed by atoms with Gasteiger partial charge in [0.15, 0.2) is 17.7 Å². The van der Waals surface area contributed by atoms with Crippen LogP contribution in [0.5, 0.6) is 0 Å². The maximum absolute atomic E-state index is 14.5. The largest absolute Gasteiger partial charge is 0.407 e. The number of hydrogen-bond acceptors (Lipinski definition) is 6. The van der Waals surface area contributed by atoms with Gasteiger partial charge in [0, 0.05) is 6.61 Å². The number of Topliss-reactive ketones (excluding diaryl/α,β-unsaturated/α-hetero) is 1. The van der Waals surface area contributed by atoms with E-state index in [9.17, 15) is 9.90 Å². The summed E-state index contributed by atoms with van der Waals surface area (Å²) in [6, 6.07) is 30.8. The fourth-order valence-corrected chi connectivity index (χ4v) is 18.3. The maximum Gasteiger partial charge on any atom is 0.261 e. The second-order valence-corrected chi connectivity index (χ2v) is 25.7. The highest BCUT2D eigenvalue weighted by Gasteiger charge is 2.54. The number of ether oxygens (including phenoxy) is 2. The molecule has 0 unspecified atom stereocenters. The zero-order chi connectivity index (χ0) is 36.2. The Balaban J connectivity index is 1.66. The van der Waals surface area contributed by atoms with Crippen LogP contribution >= 0.6 is 0 Å². The van der Waals surface area contributed by atoms with Crippen molar-refractivity contribution in [3.05, 3.63) is 96.6 Å². The molecule has 0 spiro atoms. The number of aliphatic hydroxyl groups excluding tert-OH is 1. The topological polar surface area (TPSA) is 74.2 Å². The summed E-state index contributed by atoms with van der Waals surface area (Å²) in [5.41, 5.74) is 1.81. The van der Waals surface area contributed by atoms with E-state index in [-0.39, 0.29) is 23.8 Å². The number of hydrogen-bond donors (Lipinski definition) is 1. The molecule has 1 saturated heterocycles. The Morgan fingerprint density at radius 3 is 1.59 bits per heavy atom. The van der Waals surface area contributed by atoms with Crippen molar-refractivity contribution in [2.45, 2.75) is 134 Å². The van der Waals surface area contributed by atoms with Crippen molar-refractivity contribution in [2.24, 2.45) is 0 Å². The smallest absolute Gasteiger partial charge is 0.261 e. The molecule has 49 heavy (non-hydrogen) atoms. The summed E-state index contributed by atoms with van der Waals surface area (Å²) in [5.74, 6) is -1.43. The minimum atomic E-state index is -2.82. The van der Waals surface area contributed by atoms with Gasteiger partial charge in [0.05, 0.1) is 6.10 Å². The maximum atomic E-state index is 14.5. The molecule has 6 nitrogen and oxygen atoms in total. The minimum Gasteiger partial charge on any atom is -0.407 e. The van der Waals surface area contributed by atoms with Crippen LogP contribution in [-0.2, 0) is 23.1 Å². The Morgan fingerprint density at radius 2 is 1.16 bits per heavy atom. The number of benzene rings is 3. The lowest BCUT2D eigenvalue weighted by Gasteiger charge is -2.49. The molecule has 0 saturated carbocycles. The first kappa shape index (κ1) is 39.4. The van der Waals surface area contributed by atoms with Crippen molar-refractivity contribution in [3.8, 4) is 0 Å². The Bertz CT molecular complexity index is 1410. The standard InChI is InChI=1S/C41H60O6Si2/c1-29(2)48(30(3)4,31(5)6)47-37(32-21-15-12-16-22-32)39-36(43)38(45-41(10,11)46-39)35(42)27-28-44-49(40(7,8)9,33-23-17-13-18-24-33)34-25-19-14-20-26-34/h12-26,29-31,35,37-39,42H,27-28H2,1-11H3/t35-,37-,38-,39+/m0/s1. The van der Waals surface area contributed by atoms with E-state index >= 15 is 0 Å². The Kier molecular flexibility index (Phi) is 12.7. The number of carbonyl (C=O) groups is 1. The summed E-state index contributed by atoms with van der Waals surface area (Å²) in [7, 11) is -5.28. The zero-order valence-corrected chi connectivity index (χ0v) is 33.6. The average molecular weight is 705 g/mol. The van der Waals surface area contributed by atoms with Crippen LogP contribution in [0.15, 0.2) is 91.0 Å². The van der Waals surface area contributed by atoms with Gasteiger partial charge in [-0.3, -0.25) is 4.79 Å². The van der Waals surface area contributed by atoms with E-state index in [1.807, 2.05) is 56.3 Å². The van der Waals surface area contributed by atoms with Crippen LogP contribution < -0.4 is 10.4 Å². The van der Waals surface area contributed by atoms with E-state index < -0.39 is 46.8 Å². The molecule has 268 valence electrons. The second-order valence-electron chi connectivity index (χ2n) is 16.0. The van der Waals surface area contributed by atoms with Gasteiger partial charge in [0.1, 0.15) is 12.2 Å².